The highest BCUT2D eigenvalue weighted by Crippen LogP contribution is 2.24. The van der Waals surface area contributed by atoms with Crippen molar-refractivity contribution in [2.75, 3.05) is 45.9 Å². The molecule has 0 radical (unpaired) electrons. The zero-order valence-electron chi connectivity index (χ0n) is 15.5. The molecule has 6 nitrogen and oxygen atoms in total. The maximum Gasteiger partial charge on any atom is 0.320 e. The second-order valence-corrected chi connectivity index (χ2v) is 6.17. The first-order valence-electron chi connectivity index (χ1n) is 8.95. The minimum atomic E-state index is -0.160. The van der Waals surface area contributed by atoms with Crippen molar-refractivity contribution in [2.24, 2.45) is 7.05 Å². The largest absolute Gasteiger partial charge is 0.465 e. The molecule has 0 aromatic carbocycles. The van der Waals surface area contributed by atoms with Crippen LogP contribution >= 0.6 is 0 Å². The lowest BCUT2D eigenvalue weighted by Gasteiger charge is -2.32. The first-order chi connectivity index (χ1) is 11.6. The van der Waals surface area contributed by atoms with Gasteiger partial charge in [-0.25, -0.2) is 0 Å². The summed E-state index contributed by atoms with van der Waals surface area (Å²) in [6, 6.07) is 4.33. The number of hydrogen-bond donors (Lipinski definition) is 0. The van der Waals surface area contributed by atoms with Crippen LogP contribution in [0.3, 0.4) is 0 Å². The first-order valence-corrected chi connectivity index (χ1v) is 8.95. The van der Waals surface area contributed by atoms with Crippen LogP contribution in [0.5, 0.6) is 0 Å². The Hall–Kier alpha value is -1.37. The van der Waals surface area contributed by atoms with E-state index in [1.165, 1.54) is 11.4 Å². The predicted molar refractivity (Wildman–Crippen MR) is 93.8 cm³/mol. The predicted octanol–water partition coefficient (Wildman–Crippen LogP) is 1.80. The quantitative estimate of drug-likeness (QED) is 0.677. The lowest BCUT2D eigenvalue weighted by molar-refractivity contribution is -0.146. The van der Waals surface area contributed by atoms with Crippen molar-refractivity contribution >= 4 is 5.97 Å². The van der Waals surface area contributed by atoms with Crippen molar-refractivity contribution in [1.82, 2.24) is 14.4 Å². The van der Waals surface area contributed by atoms with Crippen LogP contribution in [-0.2, 0) is 27.9 Å². The SMILES string of the molecule is CCOC(=O)CN1CCOC(c2ccc(CN(CC)CC)n2C)C1. The molecule has 1 fully saturated rings. The average Bonchev–Trinajstić information content (AvgIpc) is 2.93. The number of aromatic nitrogens is 1. The molecule has 0 bridgehead atoms. The summed E-state index contributed by atoms with van der Waals surface area (Å²) in [5.74, 6) is -0.160. The summed E-state index contributed by atoms with van der Waals surface area (Å²) in [6.07, 6.45) is 0.00336. The van der Waals surface area contributed by atoms with Crippen molar-refractivity contribution in [3.05, 3.63) is 23.5 Å². The second-order valence-electron chi connectivity index (χ2n) is 6.17. The van der Waals surface area contributed by atoms with Gasteiger partial charge >= 0.3 is 5.97 Å². The van der Waals surface area contributed by atoms with Gasteiger partial charge in [0, 0.05) is 38.1 Å². The van der Waals surface area contributed by atoms with E-state index >= 15 is 0 Å². The third-order valence-electron chi connectivity index (χ3n) is 4.68. The van der Waals surface area contributed by atoms with Gasteiger partial charge in [0.1, 0.15) is 6.10 Å². The van der Waals surface area contributed by atoms with Crippen LogP contribution < -0.4 is 0 Å². The normalized spacial score (nSPS) is 19.0. The van der Waals surface area contributed by atoms with Gasteiger partial charge in [-0.15, -0.1) is 0 Å². The summed E-state index contributed by atoms with van der Waals surface area (Å²) in [6.45, 7) is 12.1. The van der Waals surface area contributed by atoms with E-state index in [1.54, 1.807) is 0 Å². The highest BCUT2D eigenvalue weighted by atomic mass is 16.5. The summed E-state index contributed by atoms with van der Waals surface area (Å²) in [5, 5.41) is 0. The van der Waals surface area contributed by atoms with Crippen molar-refractivity contribution in [2.45, 2.75) is 33.4 Å². The van der Waals surface area contributed by atoms with E-state index in [-0.39, 0.29) is 12.1 Å². The zero-order valence-corrected chi connectivity index (χ0v) is 15.5. The Morgan fingerprint density at radius 2 is 2.08 bits per heavy atom. The van der Waals surface area contributed by atoms with E-state index < -0.39 is 0 Å². The van der Waals surface area contributed by atoms with Crippen LogP contribution in [-0.4, -0.2) is 66.3 Å². The lowest BCUT2D eigenvalue weighted by atomic mass is 10.2. The van der Waals surface area contributed by atoms with E-state index in [0.29, 0.717) is 19.8 Å². The number of carbonyl (C=O) groups is 1. The fourth-order valence-corrected chi connectivity index (χ4v) is 3.14. The third kappa shape index (κ3) is 4.82. The van der Waals surface area contributed by atoms with Gasteiger partial charge in [0.25, 0.3) is 0 Å². The molecule has 1 aromatic rings. The molecule has 0 saturated carbocycles. The summed E-state index contributed by atoms with van der Waals surface area (Å²) >= 11 is 0. The molecule has 6 heteroatoms. The van der Waals surface area contributed by atoms with Gasteiger partial charge in [0.05, 0.1) is 19.8 Å². The molecule has 2 heterocycles. The minimum absolute atomic E-state index is 0.00336. The monoisotopic (exact) mass is 337 g/mol. The van der Waals surface area contributed by atoms with Crippen molar-refractivity contribution in [3.8, 4) is 0 Å². The van der Waals surface area contributed by atoms with Crippen molar-refractivity contribution < 1.29 is 14.3 Å². The Morgan fingerprint density at radius 1 is 1.33 bits per heavy atom. The molecule has 2 rings (SSSR count). The summed E-state index contributed by atoms with van der Waals surface area (Å²) in [7, 11) is 2.10. The summed E-state index contributed by atoms with van der Waals surface area (Å²) < 4.78 is 13.2. The van der Waals surface area contributed by atoms with E-state index in [2.05, 4.69) is 47.4 Å². The molecule has 1 aliphatic rings. The number of nitrogens with zero attached hydrogens (tertiary/aromatic N) is 3. The molecule has 1 atom stereocenters. The average molecular weight is 337 g/mol. The maximum atomic E-state index is 11.7. The van der Waals surface area contributed by atoms with Crippen LogP contribution in [0, 0.1) is 0 Å². The van der Waals surface area contributed by atoms with Gasteiger partial charge in [-0.05, 0) is 32.1 Å². The fourth-order valence-electron chi connectivity index (χ4n) is 3.14. The number of rotatable bonds is 8. The summed E-state index contributed by atoms with van der Waals surface area (Å²) in [4.78, 5) is 16.2. The number of hydrogen-bond acceptors (Lipinski definition) is 5. The van der Waals surface area contributed by atoms with Gasteiger partial charge in [-0.3, -0.25) is 14.6 Å². The van der Waals surface area contributed by atoms with Gasteiger partial charge < -0.3 is 14.0 Å². The number of esters is 1. The lowest BCUT2D eigenvalue weighted by Crippen LogP contribution is -2.42. The zero-order chi connectivity index (χ0) is 17.5. The third-order valence-corrected chi connectivity index (χ3v) is 4.68. The van der Waals surface area contributed by atoms with Crippen LogP contribution in [0.2, 0.25) is 0 Å². The van der Waals surface area contributed by atoms with Crippen molar-refractivity contribution in [1.29, 1.82) is 0 Å². The molecule has 0 N–H and O–H groups in total. The Kier molecular flexibility index (Phi) is 7.27. The fraction of sp³-hybridized carbons (Fsp3) is 0.722. The standard InChI is InChI=1S/C18H31N3O3/c1-5-20(6-2)12-15-8-9-16(19(15)4)17-13-21(10-11-24-17)14-18(22)23-7-3/h8-9,17H,5-7,10-14H2,1-4H3. The van der Waals surface area contributed by atoms with E-state index in [4.69, 9.17) is 9.47 Å². The Labute approximate surface area is 145 Å². The topological polar surface area (TPSA) is 46.9 Å². The number of morpholine rings is 1. The smallest absolute Gasteiger partial charge is 0.320 e. The molecule has 0 aliphatic carbocycles. The molecule has 24 heavy (non-hydrogen) atoms. The Morgan fingerprint density at radius 3 is 2.75 bits per heavy atom. The summed E-state index contributed by atoms with van der Waals surface area (Å²) in [5.41, 5.74) is 2.46. The molecule has 1 saturated heterocycles. The van der Waals surface area contributed by atoms with Crippen LogP contribution in [0.25, 0.3) is 0 Å². The molecule has 1 aliphatic heterocycles. The molecular formula is C18H31N3O3. The molecule has 136 valence electrons. The Balaban J connectivity index is 2.00. The molecular weight excluding hydrogens is 306 g/mol. The highest BCUT2D eigenvalue weighted by molar-refractivity contribution is 5.71. The van der Waals surface area contributed by atoms with E-state index in [1.807, 2.05) is 6.92 Å². The van der Waals surface area contributed by atoms with Crippen LogP contribution in [0.15, 0.2) is 12.1 Å². The second kappa shape index (κ2) is 9.20. The first kappa shape index (κ1) is 19.0. The van der Waals surface area contributed by atoms with Crippen molar-refractivity contribution in [3.63, 3.8) is 0 Å². The highest BCUT2D eigenvalue weighted by Gasteiger charge is 2.26. The molecule has 0 spiro atoms. The van der Waals surface area contributed by atoms with E-state index in [0.717, 1.165) is 32.7 Å². The van der Waals surface area contributed by atoms with Gasteiger partial charge in [-0.1, -0.05) is 13.8 Å². The maximum absolute atomic E-state index is 11.7. The molecule has 1 aromatic heterocycles. The van der Waals surface area contributed by atoms with E-state index in [9.17, 15) is 4.79 Å². The van der Waals surface area contributed by atoms with Gasteiger partial charge in [-0.2, -0.15) is 0 Å². The van der Waals surface area contributed by atoms with Crippen LogP contribution in [0.1, 0.15) is 38.3 Å². The number of ether oxygens (including phenoxy) is 2. The molecule has 0 amide bonds. The molecule has 1 unspecified atom stereocenters. The van der Waals surface area contributed by atoms with Gasteiger partial charge in [0.15, 0.2) is 0 Å². The van der Waals surface area contributed by atoms with Crippen LogP contribution in [0.4, 0.5) is 0 Å². The van der Waals surface area contributed by atoms with Gasteiger partial charge in [0.2, 0.25) is 0 Å². The Bertz CT molecular complexity index is 526. The number of carbonyl (C=O) groups excluding carboxylic acids is 1. The minimum Gasteiger partial charge on any atom is -0.465 e.